The minimum absolute atomic E-state index is 0.540. The number of anilines is 1. The van der Waals surface area contributed by atoms with E-state index in [1.165, 1.54) is 0 Å². The highest BCUT2D eigenvalue weighted by atomic mass is 15.2. The van der Waals surface area contributed by atoms with Gasteiger partial charge in [0.05, 0.1) is 18.1 Å². The zero-order valence-electron chi connectivity index (χ0n) is 5.94. The van der Waals surface area contributed by atoms with Crippen LogP contribution in [-0.2, 0) is 6.54 Å². The van der Waals surface area contributed by atoms with Gasteiger partial charge in [-0.15, -0.1) is 0 Å². The summed E-state index contributed by atoms with van der Waals surface area (Å²) >= 11 is 0. The third kappa shape index (κ3) is 0.920. The van der Waals surface area contributed by atoms with Crippen LogP contribution >= 0.6 is 0 Å². The molecule has 0 aliphatic carbocycles. The fourth-order valence-corrected chi connectivity index (χ4v) is 1.04. The first-order valence-electron chi connectivity index (χ1n) is 3.37. The number of rotatable bonds is 0. The number of allylic oxidation sites excluding steroid dienone is 1. The lowest BCUT2D eigenvalue weighted by Crippen LogP contribution is -2.04. The third-order valence-corrected chi connectivity index (χ3v) is 1.60. The second-order valence-corrected chi connectivity index (χ2v) is 2.31. The molecule has 0 spiro atoms. The second kappa shape index (κ2) is 2.23. The Bertz CT molecular complexity index is 321. The average Bonchev–Trinajstić information content (AvgIpc) is 2.25. The SMILES string of the molecule is Nc1ncc2n1CC=CN=C2. The summed E-state index contributed by atoms with van der Waals surface area (Å²) in [6.45, 7) is 0.751. The minimum atomic E-state index is 0.540. The second-order valence-electron chi connectivity index (χ2n) is 2.31. The van der Waals surface area contributed by atoms with E-state index in [9.17, 15) is 0 Å². The molecule has 4 heteroatoms. The number of hydrogen-bond donors (Lipinski definition) is 1. The molecule has 1 aromatic rings. The first-order valence-corrected chi connectivity index (χ1v) is 3.37. The minimum Gasteiger partial charge on any atom is -0.369 e. The van der Waals surface area contributed by atoms with Gasteiger partial charge in [0, 0.05) is 12.7 Å². The van der Waals surface area contributed by atoms with Gasteiger partial charge in [-0.3, -0.25) is 4.99 Å². The number of nitrogens with zero attached hydrogens (tertiary/aromatic N) is 3. The van der Waals surface area contributed by atoms with E-state index < -0.39 is 0 Å². The van der Waals surface area contributed by atoms with E-state index in [-0.39, 0.29) is 0 Å². The van der Waals surface area contributed by atoms with Crippen LogP contribution < -0.4 is 5.73 Å². The summed E-state index contributed by atoms with van der Waals surface area (Å²) in [6.07, 6.45) is 7.15. The van der Waals surface area contributed by atoms with Gasteiger partial charge >= 0.3 is 0 Å². The fraction of sp³-hybridized carbons (Fsp3) is 0.143. The zero-order chi connectivity index (χ0) is 7.68. The molecule has 0 aromatic carbocycles. The van der Waals surface area contributed by atoms with Gasteiger partial charge in [0.1, 0.15) is 0 Å². The first-order chi connectivity index (χ1) is 5.38. The van der Waals surface area contributed by atoms with Crippen molar-refractivity contribution in [2.45, 2.75) is 6.54 Å². The number of aromatic nitrogens is 2. The summed E-state index contributed by atoms with van der Waals surface area (Å²) in [5.74, 6) is 0.540. The molecule has 2 rings (SSSR count). The van der Waals surface area contributed by atoms with Gasteiger partial charge in [-0.25, -0.2) is 4.98 Å². The Morgan fingerprint density at radius 3 is 3.36 bits per heavy atom. The summed E-state index contributed by atoms with van der Waals surface area (Å²) in [5, 5.41) is 0. The monoisotopic (exact) mass is 148 g/mol. The summed E-state index contributed by atoms with van der Waals surface area (Å²) in [5.41, 5.74) is 6.54. The van der Waals surface area contributed by atoms with Gasteiger partial charge < -0.3 is 10.3 Å². The molecule has 0 saturated carbocycles. The Morgan fingerprint density at radius 2 is 2.45 bits per heavy atom. The van der Waals surface area contributed by atoms with Gasteiger partial charge in [-0.1, -0.05) is 0 Å². The van der Waals surface area contributed by atoms with E-state index >= 15 is 0 Å². The van der Waals surface area contributed by atoms with Crippen molar-refractivity contribution in [2.75, 3.05) is 5.73 Å². The van der Waals surface area contributed by atoms with Crippen molar-refractivity contribution in [1.82, 2.24) is 9.55 Å². The maximum Gasteiger partial charge on any atom is 0.200 e. The lowest BCUT2D eigenvalue weighted by atomic mass is 10.5. The summed E-state index contributed by atoms with van der Waals surface area (Å²) in [6, 6.07) is 0. The number of fused-ring (bicyclic) bond motifs is 1. The molecule has 1 aromatic heterocycles. The van der Waals surface area contributed by atoms with E-state index in [1.54, 1.807) is 18.6 Å². The highest BCUT2D eigenvalue weighted by Gasteiger charge is 2.03. The molecule has 0 amide bonds. The van der Waals surface area contributed by atoms with Gasteiger partial charge in [0.2, 0.25) is 5.95 Å². The molecule has 0 bridgehead atoms. The quantitative estimate of drug-likeness (QED) is 0.579. The lowest BCUT2D eigenvalue weighted by Gasteiger charge is -1.99. The summed E-state index contributed by atoms with van der Waals surface area (Å²) in [7, 11) is 0. The highest BCUT2D eigenvalue weighted by molar-refractivity contribution is 5.78. The average molecular weight is 148 g/mol. The van der Waals surface area contributed by atoms with Crippen LogP contribution in [0.1, 0.15) is 5.69 Å². The van der Waals surface area contributed by atoms with Crippen molar-refractivity contribution < 1.29 is 0 Å². The number of imidazole rings is 1. The zero-order valence-corrected chi connectivity index (χ0v) is 5.94. The van der Waals surface area contributed by atoms with Gasteiger partial charge in [0.25, 0.3) is 0 Å². The molecule has 4 nitrogen and oxygen atoms in total. The highest BCUT2D eigenvalue weighted by Crippen LogP contribution is 2.07. The molecule has 0 unspecified atom stereocenters. The van der Waals surface area contributed by atoms with Gasteiger partial charge in [0.15, 0.2) is 0 Å². The Kier molecular flexibility index (Phi) is 1.25. The normalized spacial score (nSPS) is 14.5. The van der Waals surface area contributed by atoms with Crippen molar-refractivity contribution in [3.63, 3.8) is 0 Å². The summed E-state index contributed by atoms with van der Waals surface area (Å²) < 4.78 is 1.90. The van der Waals surface area contributed by atoms with Crippen LogP contribution in [0.3, 0.4) is 0 Å². The van der Waals surface area contributed by atoms with Crippen LogP contribution in [-0.4, -0.2) is 15.8 Å². The lowest BCUT2D eigenvalue weighted by molar-refractivity contribution is 0.831. The topological polar surface area (TPSA) is 56.2 Å². The van der Waals surface area contributed by atoms with E-state index in [0.29, 0.717) is 5.95 Å². The third-order valence-electron chi connectivity index (χ3n) is 1.60. The molecule has 56 valence electrons. The molecular weight excluding hydrogens is 140 g/mol. The fourth-order valence-electron chi connectivity index (χ4n) is 1.04. The molecule has 2 heterocycles. The maximum absolute atomic E-state index is 5.59. The number of nitrogen functional groups attached to an aromatic ring is 1. The van der Waals surface area contributed by atoms with E-state index in [2.05, 4.69) is 9.98 Å². The number of hydrogen-bond acceptors (Lipinski definition) is 3. The Morgan fingerprint density at radius 1 is 1.55 bits per heavy atom. The Labute approximate surface area is 64.1 Å². The number of nitrogens with two attached hydrogens (primary N) is 1. The molecule has 0 saturated heterocycles. The maximum atomic E-state index is 5.59. The smallest absolute Gasteiger partial charge is 0.200 e. The standard InChI is InChI=1S/C7H8N4/c8-7-10-5-6-4-9-2-1-3-11(6)7/h1-2,4-5H,3H2,(H2,8,10). The predicted octanol–water partition coefficient (Wildman–Crippen LogP) is 0.412. The molecule has 0 fully saturated rings. The van der Waals surface area contributed by atoms with Crippen molar-refractivity contribution in [2.24, 2.45) is 4.99 Å². The van der Waals surface area contributed by atoms with E-state index in [1.807, 2.05) is 10.6 Å². The van der Waals surface area contributed by atoms with Crippen LogP contribution in [0, 0.1) is 0 Å². The van der Waals surface area contributed by atoms with E-state index in [0.717, 1.165) is 12.2 Å². The molecule has 0 atom stereocenters. The Balaban J connectivity index is 2.55. The molecule has 0 radical (unpaired) electrons. The van der Waals surface area contributed by atoms with Crippen LogP contribution in [0.5, 0.6) is 0 Å². The van der Waals surface area contributed by atoms with Crippen LogP contribution in [0.15, 0.2) is 23.5 Å². The first kappa shape index (κ1) is 6.15. The molecule has 1 aliphatic rings. The van der Waals surface area contributed by atoms with Crippen LogP contribution in [0.25, 0.3) is 0 Å². The van der Waals surface area contributed by atoms with Crippen molar-refractivity contribution in [3.8, 4) is 0 Å². The van der Waals surface area contributed by atoms with E-state index in [4.69, 9.17) is 5.73 Å². The molecule has 11 heavy (non-hydrogen) atoms. The van der Waals surface area contributed by atoms with Gasteiger partial charge in [-0.05, 0) is 6.08 Å². The molecule has 2 N–H and O–H groups in total. The predicted molar refractivity (Wildman–Crippen MR) is 43.4 cm³/mol. The van der Waals surface area contributed by atoms with Crippen LogP contribution in [0.2, 0.25) is 0 Å². The molecule has 1 aliphatic heterocycles. The number of aliphatic imine (C=N–C) groups is 1. The summed E-state index contributed by atoms with van der Waals surface area (Å²) in [4.78, 5) is 7.96. The molecular formula is C7H8N4. The Hall–Kier alpha value is -1.58. The van der Waals surface area contributed by atoms with Gasteiger partial charge in [-0.2, -0.15) is 0 Å². The largest absolute Gasteiger partial charge is 0.369 e. The van der Waals surface area contributed by atoms with Crippen molar-refractivity contribution in [3.05, 3.63) is 24.2 Å². The van der Waals surface area contributed by atoms with Crippen LogP contribution in [0.4, 0.5) is 5.95 Å². The van der Waals surface area contributed by atoms with Crippen molar-refractivity contribution >= 4 is 12.2 Å². The van der Waals surface area contributed by atoms with Crippen molar-refractivity contribution in [1.29, 1.82) is 0 Å².